The highest BCUT2D eigenvalue weighted by Crippen LogP contribution is 2.15. The number of carbonyl (C=O) groups excluding carboxylic acids is 1. The SMILES string of the molecule is CCCCNC(=NCC(=O)N(C)C)NCc1nc(C)c(C)s1. The molecule has 0 aliphatic heterocycles. The van der Waals surface area contributed by atoms with E-state index in [2.05, 4.69) is 34.5 Å². The van der Waals surface area contributed by atoms with Crippen molar-refractivity contribution >= 4 is 23.2 Å². The Balaban J connectivity index is 2.60. The maximum absolute atomic E-state index is 11.7. The minimum absolute atomic E-state index is 0.0162. The van der Waals surface area contributed by atoms with Crippen molar-refractivity contribution in [2.45, 2.75) is 40.2 Å². The van der Waals surface area contributed by atoms with Crippen LogP contribution in [-0.4, -0.2) is 48.9 Å². The van der Waals surface area contributed by atoms with Gasteiger partial charge in [0.25, 0.3) is 0 Å². The summed E-state index contributed by atoms with van der Waals surface area (Å²) in [5, 5.41) is 7.52. The van der Waals surface area contributed by atoms with Gasteiger partial charge in [-0.1, -0.05) is 13.3 Å². The third kappa shape index (κ3) is 6.43. The summed E-state index contributed by atoms with van der Waals surface area (Å²) in [5.41, 5.74) is 1.07. The van der Waals surface area contributed by atoms with Crippen LogP contribution in [0.1, 0.15) is 35.3 Å². The normalized spacial score (nSPS) is 11.4. The summed E-state index contributed by atoms with van der Waals surface area (Å²) in [6, 6.07) is 0. The maximum atomic E-state index is 11.7. The minimum Gasteiger partial charge on any atom is -0.356 e. The first kappa shape index (κ1) is 18.4. The van der Waals surface area contributed by atoms with Crippen molar-refractivity contribution in [1.29, 1.82) is 0 Å². The predicted molar refractivity (Wildman–Crippen MR) is 92.3 cm³/mol. The Bertz CT molecular complexity index is 491. The number of carbonyl (C=O) groups is 1. The van der Waals surface area contributed by atoms with Crippen LogP contribution in [0.5, 0.6) is 0 Å². The van der Waals surface area contributed by atoms with Crippen molar-refractivity contribution in [2.24, 2.45) is 4.99 Å². The largest absolute Gasteiger partial charge is 0.356 e. The zero-order chi connectivity index (χ0) is 16.5. The molecular formula is C15H27N5OS. The van der Waals surface area contributed by atoms with Crippen molar-refractivity contribution in [1.82, 2.24) is 20.5 Å². The highest BCUT2D eigenvalue weighted by Gasteiger charge is 2.07. The van der Waals surface area contributed by atoms with Crippen LogP contribution >= 0.6 is 11.3 Å². The topological polar surface area (TPSA) is 69.6 Å². The standard InChI is InChI=1S/C15H27N5OS/c1-6-7-8-16-15(18-10-14(21)20(4)5)17-9-13-19-11(2)12(3)22-13/h6-10H2,1-5H3,(H2,16,17,18). The first-order valence-electron chi connectivity index (χ1n) is 7.59. The van der Waals surface area contributed by atoms with Gasteiger partial charge in [-0.15, -0.1) is 11.3 Å². The predicted octanol–water partition coefficient (Wildman–Crippen LogP) is 1.68. The Morgan fingerprint density at radius 1 is 1.32 bits per heavy atom. The van der Waals surface area contributed by atoms with E-state index < -0.39 is 0 Å². The summed E-state index contributed by atoms with van der Waals surface area (Å²) in [5.74, 6) is 0.645. The van der Waals surface area contributed by atoms with Gasteiger partial charge in [0.15, 0.2) is 5.96 Å². The number of rotatable bonds is 7. The van der Waals surface area contributed by atoms with E-state index in [1.165, 1.54) is 4.88 Å². The van der Waals surface area contributed by atoms with Crippen molar-refractivity contribution < 1.29 is 4.79 Å². The van der Waals surface area contributed by atoms with Crippen molar-refractivity contribution in [3.63, 3.8) is 0 Å². The van der Waals surface area contributed by atoms with E-state index >= 15 is 0 Å². The Kier molecular flexibility index (Phi) is 7.87. The molecule has 124 valence electrons. The molecule has 1 heterocycles. The highest BCUT2D eigenvalue weighted by atomic mass is 32.1. The van der Waals surface area contributed by atoms with E-state index in [1.54, 1.807) is 30.3 Å². The zero-order valence-electron chi connectivity index (χ0n) is 14.2. The molecule has 0 spiro atoms. The van der Waals surface area contributed by atoms with Crippen LogP contribution < -0.4 is 10.6 Å². The molecule has 0 fully saturated rings. The fourth-order valence-electron chi connectivity index (χ4n) is 1.62. The van der Waals surface area contributed by atoms with Crippen molar-refractivity contribution in [3.8, 4) is 0 Å². The summed E-state index contributed by atoms with van der Waals surface area (Å²) < 4.78 is 0. The average molecular weight is 325 g/mol. The van der Waals surface area contributed by atoms with Gasteiger partial charge < -0.3 is 15.5 Å². The minimum atomic E-state index is -0.0162. The molecule has 0 radical (unpaired) electrons. The van der Waals surface area contributed by atoms with Gasteiger partial charge in [0.2, 0.25) is 5.91 Å². The number of likely N-dealkylation sites (N-methyl/N-ethyl adjacent to an activating group) is 1. The zero-order valence-corrected chi connectivity index (χ0v) is 15.0. The van der Waals surface area contributed by atoms with Crippen LogP contribution in [-0.2, 0) is 11.3 Å². The number of hydrogen-bond donors (Lipinski definition) is 2. The Hall–Kier alpha value is -1.63. The molecule has 1 aromatic rings. The molecule has 1 aromatic heterocycles. The molecule has 0 aromatic carbocycles. The molecule has 6 nitrogen and oxygen atoms in total. The maximum Gasteiger partial charge on any atom is 0.243 e. The summed E-state index contributed by atoms with van der Waals surface area (Å²) in [6.45, 7) is 7.83. The number of aryl methyl sites for hydroxylation is 2. The molecule has 0 saturated carbocycles. The van der Waals surface area contributed by atoms with E-state index in [4.69, 9.17) is 0 Å². The molecule has 1 rings (SSSR count). The fraction of sp³-hybridized carbons (Fsp3) is 0.667. The lowest BCUT2D eigenvalue weighted by Crippen LogP contribution is -2.38. The third-order valence-corrected chi connectivity index (χ3v) is 4.25. The number of amides is 1. The van der Waals surface area contributed by atoms with Gasteiger partial charge in [0.05, 0.1) is 12.2 Å². The van der Waals surface area contributed by atoms with Crippen LogP contribution in [0.2, 0.25) is 0 Å². The second-order valence-electron chi connectivity index (χ2n) is 5.34. The fourth-order valence-corrected chi connectivity index (χ4v) is 2.49. The molecule has 0 saturated heterocycles. The van der Waals surface area contributed by atoms with Gasteiger partial charge in [-0.2, -0.15) is 0 Å². The van der Waals surface area contributed by atoms with E-state index in [0.717, 1.165) is 30.1 Å². The van der Waals surface area contributed by atoms with Crippen LogP contribution in [0.3, 0.4) is 0 Å². The van der Waals surface area contributed by atoms with Crippen LogP contribution in [0.25, 0.3) is 0 Å². The number of thiazole rings is 1. The van der Waals surface area contributed by atoms with E-state index in [1.807, 2.05) is 6.92 Å². The molecule has 0 atom stereocenters. The van der Waals surface area contributed by atoms with Gasteiger partial charge >= 0.3 is 0 Å². The Labute approximate surface area is 137 Å². The lowest BCUT2D eigenvalue weighted by Gasteiger charge is -2.12. The van der Waals surface area contributed by atoms with Crippen LogP contribution in [0, 0.1) is 13.8 Å². The van der Waals surface area contributed by atoms with Gasteiger partial charge in [-0.25, -0.2) is 9.98 Å². The van der Waals surface area contributed by atoms with Crippen molar-refractivity contribution in [2.75, 3.05) is 27.2 Å². The number of hydrogen-bond acceptors (Lipinski definition) is 4. The Morgan fingerprint density at radius 2 is 2.05 bits per heavy atom. The third-order valence-electron chi connectivity index (χ3n) is 3.17. The van der Waals surface area contributed by atoms with Crippen LogP contribution in [0.4, 0.5) is 0 Å². The van der Waals surface area contributed by atoms with E-state index in [9.17, 15) is 4.79 Å². The lowest BCUT2D eigenvalue weighted by atomic mass is 10.3. The van der Waals surface area contributed by atoms with Gasteiger partial charge in [-0.05, 0) is 20.3 Å². The second-order valence-corrected chi connectivity index (χ2v) is 6.62. The molecule has 0 bridgehead atoms. The van der Waals surface area contributed by atoms with E-state index in [0.29, 0.717) is 12.5 Å². The molecule has 0 aliphatic rings. The lowest BCUT2D eigenvalue weighted by molar-refractivity contribution is -0.127. The second kappa shape index (κ2) is 9.40. The Morgan fingerprint density at radius 3 is 2.59 bits per heavy atom. The molecule has 1 amide bonds. The first-order valence-corrected chi connectivity index (χ1v) is 8.41. The number of unbranched alkanes of at least 4 members (excludes halogenated alkanes) is 1. The number of guanidine groups is 1. The monoisotopic (exact) mass is 325 g/mol. The van der Waals surface area contributed by atoms with E-state index in [-0.39, 0.29) is 12.5 Å². The number of nitrogens with one attached hydrogen (secondary N) is 2. The highest BCUT2D eigenvalue weighted by molar-refractivity contribution is 7.11. The first-order chi connectivity index (χ1) is 10.4. The molecule has 2 N–H and O–H groups in total. The molecule has 0 aliphatic carbocycles. The number of aliphatic imine (C=N–C) groups is 1. The van der Waals surface area contributed by atoms with Gasteiger partial charge in [0, 0.05) is 25.5 Å². The average Bonchev–Trinajstić information content (AvgIpc) is 2.79. The molecular weight excluding hydrogens is 298 g/mol. The van der Waals surface area contributed by atoms with Crippen molar-refractivity contribution in [3.05, 3.63) is 15.6 Å². The smallest absolute Gasteiger partial charge is 0.243 e. The summed E-state index contributed by atoms with van der Waals surface area (Å²) in [4.78, 5) is 23.3. The summed E-state index contributed by atoms with van der Waals surface area (Å²) in [7, 11) is 3.47. The molecule has 22 heavy (non-hydrogen) atoms. The van der Waals surface area contributed by atoms with Gasteiger partial charge in [-0.3, -0.25) is 4.79 Å². The molecule has 7 heteroatoms. The van der Waals surface area contributed by atoms with Crippen LogP contribution in [0.15, 0.2) is 4.99 Å². The summed E-state index contributed by atoms with van der Waals surface area (Å²) >= 11 is 1.68. The molecule has 0 unspecified atom stereocenters. The quantitative estimate of drug-likeness (QED) is 0.455. The summed E-state index contributed by atoms with van der Waals surface area (Å²) in [6.07, 6.45) is 2.18. The van der Waals surface area contributed by atoms with Gasteiger partial charge in [0.1, 0.15) is 11.6 Å². The number of aromatic nitrogens is 1. The number of nitrogens with zero attached hydrogens (tertiary/aromatic N) is 3.